The third-order valence-corrected chi connectivity index (χ3v) is 3.96. The smallest absolute Gasteiger partial charge is 0.242 e. The highest BCUT2D eigenvalue weighted by Gasteiger charge is 2.15. The Morgan fingerprint density at radius 1 is 1.26 bits per heavy atom. The summed E-state index contributed by atoms with van der Waals surface area (Å²) >= 11 is 6.09. The van der Waals surface area contributed by atoms with Crippen molar-refractivity contribution in [1.29, 1.82) is 0 Å². The molecule has 23 heavy (non-hydrogen) atoms. The maximum atomic E-state index is 12.2. The van der Waals surface area contributed by atoms with Crippen LogP contribution >= 0.6 is 11.6 Å². The van der Waals surface area contributed by atoms with Gasteiger partial charge in [-0.3, -0.25) is 4.79 Å². The molecule has 2 N–H and O–H groups in total. The van der Waals surface area contributed by atoms with E-state index in [4.69, 9.17) is 16.3 Å². The van der Waals surface area contributed by atoms with Gasteiger partial charge in [-0.15, -0.1) is 0 Å². The second-order valence-corrected chi connectivity index (χ2v) is 5.78. The fourth-order valence-electron chi connectivity index (χ4n) is 2.18. The Kier molecular flexibility index (Phi) is 5.88. The Hall–Kier alpha value is -2.20. The van der Waals surface area contributed by atoms with E-state index >= 15 is 0 Å². The molecule has 0 fully saturated rings. The van der Waals surface area contributed by atoms with Crippen LogP contribution in [-0.2, 0) is 11.3 Å². The number of methoxy groups -OCH3 is 1. The number of carbonyl (C=O) groups excluding carboxylic acids is 1. The molecule has 0 aliphatic carbocycles. The zero-order valence-corrected chi connectivity index (χ0v) is 14.3. The van der Waals surface area contributed by atoms with Gasteiger partial charge in [0.15, 0.2) is 0 Å². The molecule has 0 heterocycles. The van der Waals surface area contributed by atoms with Crippen LogP contribution in [0.3, 0.4) is 0 Å². The molecule has 0 bridgehead atoms. The normalized spacial score (nSPS) is 11.7. The number of rotatable bonds is 6. The molecule has 0 saturated heterocycles. The van der Waals surface area contributed by atoms with Crippen LogP contribution in [-0.4, -0.2) is 19.1 Å². The molecule has 1 amide bonds. The Balaban J connectivity index is 1.99. The van der Waals surface area contributed by atoms with Crippen LogP contribution < -0.4 is 15.4 Å². The second kappa shape index (κ2) is 7.88. The third kappa shape index (κ3) is 4.63. The maximum absolute atomic E-state index is 12.2. The summed E-state index contributed by atoms with van der Waals surface area (Å²) in [7, 11) is 1.58. The molecule has 2 aromatic carbocycles. The molecule has 0 aliphatic heterocycles. The number of carbonyl (C=O) groups is 1. The number of aryl methyl sites for hydroxylation is 1. The van der Waals surface area contributed by atoms with Crippen LogP contribution in [0.5, 0.6) is 5.75 Å². The highest BCUT2D eigenvalue weighted by molar-refractivity contribution is 6.31. The number of halogens is 1. The Morgan fingerprint density at radius 3 is 2.61 bits per heavy atom. The summed E-state index contributed by atoms with van der Waals surface area (Å²) < 4.78 is 5.31. The van der Waals surface area contributed by atoms with Gasteiger partial charge >= 0.3 is 0 Å². The maximum Gasteiger partial charge on any atom is 0.242 e. The van der Waals surface area contributed by atoms with E-state index in [1.54, 1.807) is 13.2 Å². The van der Waals surface area contributed by atoms with Gasteiger partial charge in [0, 0.05) is 17.6 Å². The number of benzene rings is 2. The Morgan fingerprint density at radius 2 is 1.96 bits per heavy atom. The number of amides is 1. The first-order valence-electron chi connectivity index (χ1n) is 7.43. The lowest BCUT2D eigenvalue weighted by atomic mass is 10.1. The summed E-state index contributed by atoms with van der Waals surface area (Å²) in [6.45, 7) is 4.22. The van der Waals surface area contributed by atoms with Crippen molar-refractivity contribution in [2.24, 2.45) is 0 Å². The van der Waals surface area contributed by atoms with E-state index < -0.39 is 6.04 Å². The SMILES string of the molecule is COc1cc(Cl)c(C)cc1NC(C)C(=O)NCc1ccccc1. The van der Waals surface area contributed by atoms with E-state index in [0.29, 0.717) is 17.3 Å². The van der Waals surface area contributed by atoms with Crippen molar-refractivity contribution in [3.63, 3.8) is 0 Å². The standard InChI is InChI=1S/C18H21ClN2O2/c1-12-9-16(17(23-3)10-15(12)19)21-13(2)18(22)20-11-14-7-5-4-6-8-14/h4-10,13,21H,11H2,1-3H3,(H,20,22). The van der Waals surface area contributed by atoms with E-state index in [1.165, 1.54) is 0 Å². The van der Waals surface area contributed by atoms with Gasteiger partial charge in [-0.25, -0.2) is 0 Å². The predicted octanol–water partition coefficient (Wildman–Crippen LogP) is 3.77. The van der Waals surface area contributed by atoms with Gasteiger partial charge in [0.25, 0.3) is 0 Å². The fourth-order valence-corrected chi connectivity index (χ4v) is 2.34. The molecule has 0 saturated carbocycles. The van der Waals surface area contributed by atoms with Gasteiger partial charge in [0.1, 0.15) is 11.8 Å². The van der Waals surface area contributed by atoms with Gasteiger partial charge in [-0.1, -0.05) is 41.9 Å². The predicted molar refractivity (Wildman–Crippen MR) is 94.1 cm³/mol. The minimum absolute atomic E-state index is 0.0801. The Bertz CT molecular complexity index is 674. The van der Waals surface area contributed by atoms with Crippen molar-refractivity contribution in [3.8, 4) is 5.75 Å². The van der Waals surface area contributed by atoms with Crippen molar-refractivity contribution >= 4 is 23.2 Å². The molecule has 122 valence electrons. The average Bonchev–Trinajstić information content (AvgIpc) is 2.56. The first-order chi connectivity index (χ1) is 11.0. The second-order valence-electron chi connectivity index (χ2n) is 5.37. The van der Waals surface area contributed by atoms with Crippen LogP contribution in [0.25, 0.3) is 0 Å². The number of ether oxygens (including phenoxy) is 1. The van der Waals surface area contributed by atoms with E-state index in [2.05, 4.69) is 10.6 Å². The highest BCUT2D eigenvalue weighted by Crippen LogP contribution is 2.31. The quantitative estimate of drug-likeness (QED) is 0.846. The largest absolute Gasteiger partial charge is 0.495 e. The van der Waals surface area contributed by atoms with E-state index in [9.17, 15) is 4.79 Å². The van der Waals surface area contributed by atoms with Crippen LogP contribution in [0.4, 0.5) is 5.69 Å². The van der Waals surface area contributed by atoms with Crippen LogP contribution in [0.15, 0.2) is 42.5 Å². The third-order valence-electron chi connectivity index (χ3n) is 3.56. The van der Waals surface area contributed by atoms with Gasteiger partial charge in [-0.2, -0.15) is 0 Å². The number of hydrogen-bond donors (Lipinski definition) is 2. The zero-order chi connectivity index (χ0) is 16.8. The number of anilines is 1. The van der Waals surface area contributed by atoms with E-state index in [1.807, 2.05) is 50.2 Å². The van der Waals surface area contributed by atoms with Gasteiger partial charge in [-0.05, 0) is 31.0 Å². The van der Waals surface area contributed by atoms with Crippen molar-refractivity contribution < 1.29 is 9.53 Å². The van der Waals surface area contributed by atoms with Crippen molar-refractivity contribution in [2.45, 2.75) is 26.4 Å². The van der Waals surface area contributed by atoms with Gasteiger partial charge in [0.05, 0.1) is 12.8 Å². The summed E-state index contributed by atoms with van der Waals surface area (Å²) in [5, 5.41) is 6.72. The molecule has 0 radical (unpaired) electrons. The summed E-state index contributed by atoms with van der Waals surface area (Å²) in [4.78, 5) is 12.2. The summed E-state index contributed by atoms with van der Waals surface area (Å²) in [5.74, 6) is 0.534. The fraction of sp³-hybridized carbons (Fsp3) is 0.278. The van der Waals surface area contributed by atoms with Crippen LogP contribution in [0, 0.1) is 6.92 Å². The monoisotopic (exact) mass is 332 g/mol. The molecule has 1 atom stereocenters. The van der Waals surface area contributed by atoms with Crippen LogP contribution in [0.2, 0.25) is 5.02 Å². The van der Waals surface area contributed by atoms with E-state index in [-0.39, 0.29) is 5.91 Å². The number of hydrogen-bond acceptors (Lipinski definition) is 3. The van der Waals surface area contributed by atoms with Gasteiger partial charge < -0.3 is 15.4 Å². The van der Waals surface area contributed by atoms with Crippen molar-refractivity contribution in [2.75, 3.05) is 12.4 Å². The molecule has 0 spiro atoms. The lowest BCUT2D eigenvalue weighted by molar-refractivity contribution is -0.121. The molecule has 1 unspecified atom stereocenters. The first kappa shape index (κ1) is 17.2. The molecular weight excluding hydrogens is 312 g/mol. The molecule has 5 heteroatoms. The van der Waals surface area contributed by atoms with Crippen molar-refractivity contribution in [1.82, 2.24) is 5.32 Å². The molecule has 2 rings (SSSR count). The lowest BCUT2D eigenvalue weighted by Gasteiger charge is -2.18. The first-order valence-corrected chi connectivity index (χ1v) is 7.81. The van der Waals surface area contributed by atoms with E-state index in [0.717, 1.165) is 16.8 Å². The summed E-state index contributed by atoms with van der Waals surface area (Å²) in [6, 6.07) is 13.0. The highest BCUT2D eigenvalue weighted by atomic mass is 35.5. The van der Waals surface area contributed by atoms with Crippen LogP contribution in [0.1, 0.15) is 18.1 Å². The molecule has 2 aromatic rings. The summed E-state index contributed by atoms with van der Waals surface area (Å²) in [6.07, 6.45) is 0. The molecule has 4 nitrogen and oxygen atoms in total. The van der Waals surface area contributed by atoms with Crippen molar-refractivity contribution in [3.05, 3.63) is 58.6 Å². The molecular formula is C18H21ClN2O2. The summed E-state index contributed by atoms with van der Waals surface area (Å²) in [5.41, 5.74) is 2.73. The molecule has 0 aromatic heterocycles. The number of nitrogens with one attached hydrogen (secondary N) is 2. The Labute approximate surface area is 141 Å². The minimum Gasteiger partial charge on any atom is -0.495 e. The molecule has 0 aliphatic rings. The lowest BCUT2D eigenvalue weighted by Crippen LogP contribution is -2.37. The topological polar surface area (TPSA) is 50.4 Å². The van der Waals surface area contributed by atoms with Gasteiger partial charge in [0.2, 0.25) is 5.91 Å². The zero-order valence-electron chi connectivity index (χ0n) is 13.5. The average molecular weight is 333 g/mol. The minimum atomic E-state index is -0.395.